The second-order valence-corrected chi connectivity index (χ2v) is 10.7. The number of amides is 1. The van der Waals surface area contributed by atoms with Crippen molar-refractivity contribution in [3.8, 4) is 0 Å². The van der Waals surface area contributed by atoms with Crippen molar-refractivity contribution < 1.29 is 22.7 Å². The maximum atomic E-state index is 12.8. The lowest BCUT2D eigenvalue weighted by Gasteiger charge is -2.33. The van der Waals surface area contributed by atoms with Crippen molar-refractivity contribution >= 4 is 29.1 Å². The lowest BCUT2D eigenvalue weighted by Crippen LogP contribution is -2.43. The SMILES string of the molecule is CC(C)(C)OC(=O)N1CC=C(c2nccn3c(N4CCC[C@@H](Nc5ncc(C(F)(F)F)cn5)C4)ncc23)CC1. The Balaban J connectivity index is 1.29. The summed E-state index contributed by atoms with van der Waals surface area (Å²) >= 11 is 0. The number of rotatable bonds is 4. The van der Waals surface area contributed by atoms with Gasteiger partial charge in [-0.25, -0.2) is 19.7 Å². The number of hydrogen-bond acceptors (Lipinski definition) is 8. The van der Waals surface area contributed by atoms with Crippen LogP contribution in [0.2, 0.25) is 0 Å². The molecule has 1 N–H and O–H groups in total. The van der Waals surface area contributed by atoms with E-state index in [2.05, 4.69) is 25.2 Å². The van der Waals surface area contributed by atoms with Crippen LogP contribution in [0, 0.1) is 0 Å². The number of aromatic nitrogens is 5. The molecule has 1 saturated heterocycles. The Morgan fingerprint density at radius 2 is 1.85 bits per heavy atom. The van der Waals surface area contributed by atoms with Gasteiger partial charge in [-0.15, -0.1) is 0 Å². The van der Waals surface area contributed by atoms with Gasteiger partial charge < -0.3 is 19.9 Å². The number of nitrogens with one attached hydrogen (secondary N) is 1. The summed E-state index contributed by atoms with van der Waals surface area (Å²) in [6, 6.07) is -0.0518. The first-order chi connectivity index (χ1) is 18.5. The van der Waals surface area contributed by atoms with Gasteiger partial charge in [0, 0.05) is 57.0 Å². The molecule has 13 heteroatoms. The Morgan fingerprint density at radius 3 is 2.51 bits per heavy atom. The number of fused-ring (bicyclic) bond motifs is 1. The summed E-state index contributed by atoms with van der Waals surface area (Å²) in [6.07, 6.45) is 6.55. The summed E-state index contributed by atoms with van der Waals surface area (Å²) in [5.41, 5.74) is 1.31. The maximum Gasteiger partial charge on any atom is 0.419 e. The summed E-state index contributed by atoms with van der Waals surface area (Å²) in [5.74, 6) is 0.930. The number of halogens is 3. The molecule has 0 saturated carbocycles. The van der Waals surface area contributed by atoms with Crippen LogP contribution in [-0.2, 0) is 10.9 Å². The first-order valence-corrected chi connectivity index (χ1v) is 12.9. The molecule has 0 radical (unpaired) electrons. The number of nitrogens with zero attached hydrogens (tertiary/aromatic N) is 7. The molecule has 0 spiro atoms. The van der Waals surface area contributed by atoms with Crippen molar-refractivity contribution in [2.75, 3.05) is 36.4 Å². The van der Waals surface area contributed by atoms with Gasteiger partial charge in [0.05, 0.1) is 23.0 Å². The van der Waals surface area contributed by atoms with E-state index in [0.29, 0.717) is 26.1 Å². The third-order valence-corrected chi connectivity index (χ3v) is 6.62. The Kier molecular flexibility index (Phi) is 7.08. The van der Waals surface area contributed by atoms with E-state index in [-0.39, 0.29) is 18.1 Å². The molecule has 1 amide bonds. The van der Waals surface area contributed by atoms with E-state index in [9.17, 15) is 18.0 Å². The average Bonchev–Trinajstić information content (AvgIpc) is 3.32. The first kappa shape index (κ1) is 26.7. The zero-order valence-corrected chi connectivity index (χ0v) is 22.1. The third kappa shape index (κ3) is 6.07. The summed E-state index contributed by atoms with van der Waals surface area (Å²) in [5, 5.41) is 3.16. The zero-order chi connectivity index (χ0) is 27.8. The highest BCUT2D eigenvalue weighted by molar-refractivity contribution is 5.78. The summed E-state index contributed by atoms with van der Waals surface area (Å²) in [6.45, 7) is 7.91. The molecule has 0 unspecified atom stereocenters. The number of anilines is 2. The molecule has 10 nitrogen and oxygen atoms in total. The van der Waals surface area contributed by atoms with E-state index in [0.717, 1.165) is 54.5 Å². The lowest BCUT2D eigenvalue weighted by molar-refractivity contribution is -0.138. The fourth-order valence-electron chi connectivity index (χ4n) is 4.78. The van der Waals surface area contributed by atoms with E-state index in [1.54, 1.807) is 17.3 Å². The average molecular weight is 545 g/mol. The van der Waals surface area contributed by atoms with Crippen LogP contribution in [0.4, 0.5) is 29.9 Å². The Morgan fingerprint density at radius 1 is 1.08 bits per heavy atom. The fourth-order valence-corrected chi connectivity index (χ4v) is 4.78. The Bertz CT molecular complexity index is 1360. The van der Waals surface area contributed by atoms with Gasteiger partial charge in [0.1, 0.15) is 5.60 Å². The second kappa shape index (κ2) is 10.3. The molecule has 5 rings (SSSR count). The molecule has 0 bridgehead atoms. The minimum atomic E-state index is -4.47. The molecule has 1 atom stereocenters. The molecule has 2 aliphatic heterocycles. The van der Waals surface area contributed by atoms with E-state index in [4.69, 9.17) is 9.72 Å². The third-order valence-electron chi connectivity index (χ3n) is 6.62. The number of hydrogen-bond donors (Lipinski definition) is 1. The number of piperidine rings is 1. The van der Waals surface area contributed by atoms with Crippen LogP contribution < -0.4 is 10.2 Å². The van der Waals surface area contributed by atoms with Crippen molar-refractivity contribution in [2.45, 2.75) is 57.9 Å². The quantitative estimate of drug-likeness (QED) is 0.507. The molecule has 208 valence electrons. The molecule has 0 aliphatic carbocycles. The smallest absolute Gasteiger partial charge is 0.419 e. The zero-order valence-electron chi connectivity index (χ0n) is 22.1. The van der Waals surface area contributed by atoms with Crippen LogP contribution >= 0.6 is 0 Å². The topological polar surface area (TPSA) is 101 Å². The number of ether oxygens (including phenoxy) is 1. The Labute approximate surface area is 223 Å². The van der Waals surface area contributed by atoms with Crippen LogP contribution in [0.3, 0.4) is 0 Å². The van der Waals surface area contributed by atoms with E-state index >= 15 is 0 Å². The van der Waals surface area contributed by atoms with E-state index in [1.807, 2.05) is 37.4 Å². The predicted molar refractivity (Wildman–Crippen MR) is 139 cm³/mol. The second-order valence-electron chi connectivity index (χ2n) is 10.7. The van der Waals surface area contributed by atoms with Crippen molar-refractivity contribution in [3.63, 3.8) is 0 Å². The van der Waals surface area contributed by atoms with Gasteiger partial charge in [0.15, 0.2) is 0 Å². The molecule has 1 fully saturated rings. The standard InChI is InChI=1S/C26H31F3N8O2/c1-25(2,3)39-24(38)35-10-6-17(7-11-35)21-20-15-33-23(37(20)12-8-30-21)36-9-4-5-19(16-36)34-22-31-13-18(14-32-22)26(27,28)29/h6,8,12-15,19H,4-5,7,9-11,16H2,1-3H3,(H,31,32,34)/t19-/m1/s1. The molecule has 39 heavy (non-hydrogen) atoms. The lowest BCUT2D eigenvalue weighted by atomic mass is 10.0. The number of carbonyl (C=O) groups is 1. The number of alkyl halides is 3. The van der Waals surface area contributed by atoms with Gasteiger partial charge in [-0.1, -0.05) is 6.08 Å². The normalized spacial score (nSPS) is 18.7. The molecular weight excluding hydrogens is 513 g/mol. The highest BCUT2D eigenvalue weighted by Crippen LogP contribution is 2.30. The van der Waals surface area contributed by atoms with Crippen LogP contribution in [0.1, 0.15) is 51.3 Å². The number of imidazole rings is 1. The van der Waals surface area contributed by atoms with Crippen LogP contribution in [0.25, 0.3) is 11.1 Å². The Hall–Kier alpha value is -3.90. The van der Waals surface area contributed by atoms with Gasteiger partial charge in [0.2, 0.25) is 11.9 Å². The van der Waals surface area contributed by atoms with Crippen LogP contribution in [0.5, 0.6) is 0 Å². The van der Waals surface area contributed by atoms with E-state index in [1.165, 1.54) is 0 Å². The monoisotopic (exact) mass is 544 g/mol. The minimum absolute atomic E-state index is 0.0518. The fraction of sp³-hybridized carbons (Fsp3) is 0.500. The van der Waals surface area contributed by atoms with Crippen LogP contribution in [0.15, 0.2) is 37.1 Å². The first-order valence-electron chi connectivity index (χ1n) is 12.9. The molecule has 3 aromatic heterocycles. The maximum absolute atomic E-state index is 12.8. The molecule has 2 aliphatic rings. The molecule has 0 aromatic carbocycles. The van der Waals surface area contributed by atoms with Crippen molar-refractivity contribution in [1.82, 2.24) is 29.2 Å². The van der Waals surface area contributed by atoms with Gasteiger partial charge in [-0.05, 0) is 45.6 Å². The molecule has 5 heterocycles. The van der Waals surface area contributed by atoms with Gasteiger partial charge in [0.25, 0.3) is 0 Å². The summed E-state index contributed by atoms with van der Waals surface area (Å²) < 4.78 is 45.9. The summed E-state index contributed by atoms with van der Waals surface area (Å²) in [7, 11) is 0. The number of carbonyl (C=O) groups excluding carboxylic acids is 1. The minimum Gasteiger partial charge on any atom is -0.444 e. The van der Waals surface area contributed by atoms with E-state index < -0.39 is 17.3 Å². The van der Waals surface area contributed by atoms with Gasteiger partial charge in [-0.3, -0.25) is 9.38 Å². The highest BCUT2D eigenvalue weighted by atomic mass is 19.4. The largest absolute Gasteiger partial charge is 0.444 e. The molecular formula is C26H31F3N8O2. The highest BCUT2D eigenvalue weighted by Gasteiger charge is 2.32. The van der Waals surface area contributed by atoms with Gasteiger partial charge >= 0.3 is 12.3 Å². The van der Waals surface area contributed by atoms with Crippen LogP contribution in [-0.4, -0.2) is 73.2 Å². The predicted octanol–water partition coefficient (Wildman–Crippen LogP) is 4.64. The van der Waals surface area contributed by atoms with Crippen molar-refractivity contribution in [1.29, 1.82) is 0 Å². The summed E-state index contributed by atoms with van der Waals surface area (Å²) in [4.78, 5) is 33.2. The van der Waals surface area contributed by atoms with Crippen molar-refractivity contribution in [2.24, 2.45) is 0 Å². The van der Waals surface area contributed by atoms with Gasteiger partial charge in [-0.2, -0.15) is 13.2 Å². The van der Waals surface area contributed by atoms with Crippen molar-refractivity contribution in [3.05, 3.63) is 48.3 Å². The molecule has 3 aromatic rings.